The van der Waals surface area contributed by atoms with E-state index < -0.39 is 0 Å². The van der Waals surface area contributed by atoms with Crippen molar-refractivity contribution in [3.05, 3.63) is 66.4 Å². The van der Waals surface area contributed by atoms with Crippen LogP contribution in [0.2, 0.25) is 0 Å². The van der Waals surface area contributed by atoms with Crippen LogP contribution < -0.4 is 15.5 Å². The number of rotatable bonds is 5. The van der Waals surface area contributed by atoms with E-state index in [1.807, 2.05) is 18.2 Å². The van der Waals surface area contributed by atoms with Crippen molar-refractivity contribution in [2.24, 2.45) is 0 Å². The van der Waals surface area contributed by atoms with Gasteiger partial charge in [-0.3, -0.25) is 0 Å². The fourth-order valence-electron chi connectivity index (χ4n) is 3.16. The Morgan fingerprint density at radius 2 is 1.74 bits per heavy atom. The quantitative estimate of drug-likeness (QED) is 0.704. The second-order valence-electron chi connectivity index (χ2n) is 6.45. The summed E-state index contributed by atoms with van der Waals surface area (Å²) >= 11 is 0. The Balaban J connectivity index is 1.45. The highest BCUT2D eigenvalue weighted by molar-refractivity contribution is 5.63. The third kappa shape index (κ3) is 4.15. The second kappa shape index (κ2) is 7.75. The Morgan fingerprint density at radius 1 is 0.926 bits per heavy atom. The van der Waals surface area contributed by atoms with Crippen LogP contribution in [-0.4, -0.2) is 23.1 Å². The van der Waals surface area contributed by atoms with E-state index in [0.29, 0.717) is 17.3 Å². The molecule has 0 unspecified atom stereocenters. The van der Waals surface area contributed by atoms with E-state index in [0.717, 1.165) is 24.5 Å². The maximum atomic E-state index is 9.00. The molecule has 1 aliphatic heterocycles. The van der Waals surface area contributed by atoms with Crippen LogP contribution in [0.5, 0.6) is 0 Å². The minimum absolute atomic E-state index is 0.476. The number of hydrogen-bond acceptors (Lipinski definition) is 6. The van der Waals surface area contributed by atoms with E-state index in [-0.39, 0.29) is 0 Å². The monoisotopic (exact) mass is 356 g/mol. The van der Waals surface area contributed by atoms with E-state index in [9.17, 15) is 0 Å². The van der Waals surface area contributed by atoms with E-state index in [2.05, 4.69) is 55.8 Å². The van der Waals surface area contributed by atoms with Gasteiger partial charge in [-0.15, -0.1) is 0 Å². The van der Waals surface area contributed by atoms with E-state index in [4.69, 9.17) is 5.26 Å². The van der Waals surface area contributed by atoms with Crippen LogP contribution in [0.3, 0.4) is 0 Å². The lowest BCUT2D eigenvalue weighted by Gasteiger charge is -2.18. The minimum atomic E-state index is 0.476. The third-order valence-corrected chi connectivity index (χ3v) is 4.51. The van der Waals surface area contributed by atoms with Gasteiger partial charge in [0.1, 0.15) is 5.82 Å². The zero-order valence-electron chi connectivity index (χ0n) is 14.9. The molecule has 0 atom stereocenters. The molecule has 2 aromatic carbocycles. The van der Waals surface area contributed by atoms with Crippen molar-refractivity contribution < 1.29 is 0 Å². The molecule has 134 valence electrons. The predicted octanol–water partition coefficient (Wildman–Crippen LogP) is 4.44. The van der Waals surface area contributed by atoms with Crippen molar-refractivity contribution in [2.75, 3.05) is 28.6 Å². The van der Waals surface area contributed by atoms with Crippen molar-refractivity contribution in [3.8, 4) is 6.07 Å². The van der Waals surface area contributed by atoms with Crippen LogP contribution in [0.4, 0.5) is 28.8 Å². The predicted molar refractivity (Wildman–Crippen MR) is 108 cm³/mol. The first-order valence-electron chi connectivity index (χ1n) is 9.02. The van der Waals surface area contributed by atoms with Crippen molar-refractivity contribution in [2.45, 2.75) is 12.8 Å². The van der Waals surface area contributed by atoms with Gasteiger partial charge in [0.15, 0.2) is 0 Å². The first kappa shape index (κ1) is 16.9. The molecule has 2 N–H and O–H groups in total. The lowest BCUT2D eigenvalue weighted by atomic mass is 10.2. The van der Waals surface area contributed by atoms with Crippen molar-refractivity contribution in [1.82, 2.24) is 9.97 Å². The molecule has 0 amide bonds. The van der Waals surface area contributed by atoms with Crippen LogP contribution in [0, 0.1) is 11.3 Å². The summed E-state index contributed by atoms with van der Waals surface area (Å²) in [6.45, 7) is 2.28. The standard InChI is InChI=1S/C21H20N6/c22-15-16-4-3-5-18(14-16)25-21-23-11-10-20(26-21)24-17-6-8-19(9-7-17)27-12-1-2-13-27/h3-11,14H,1-2,12-13H2,(H2,23,24,25,26). The van der Waals surface area contributed by atoms with Gasteiger partial charge in [-0.1, -0.05) is 6.07 Å². The van der Waals surface area contributed by atoms with Gasteiger partial charge in [-0.25, -0.2) is 4.98 Å². The second-order valence-corrected chi connectivity index (χ2v) is 6.45. The van der Waals surface area contributed by atoms with Crippen LogP contribution in [0.25, 0.3) is 0 Å². The first-order chi connectivity index (χ1) is 13.3. The minimum Gasteiger partial charge on any atom is -0.372 e. The summed E-state index contributed by atoms with van der Waals surface area (Å²) in [6.07, 6.45) is 4.24. The number of nitrogens with one attached hydrogen (secondary N) is 2. The molecule has 1 aromatic heterocycles. The van der Waals surface area contributed by atoms with Gasteiger partial charge in [0, 0.05) is 36.3 Å². The number of anilines is 5. The molecule has 6 nitrogen and oxygen atoms in total. The molecule has 0 radical (unpaired) electrons. The van der Waals surface area contributed by atoms with Gasteiger partial charge >= 0.3 is 0 Å². The molecule has 0 saturated carbocycles. The summed E-state index contributed by atoms with van der Waals surface area (Å²) < 4.78 is 0. The SMILES string of the molecule is N#Cc1cccc(Nc2nccc(Nc3ccc(N4CCCC4)cc3)n2)c1. The average molecular weight is 356 g/mol. The summed E-state index contributed by atoms with van der Waals surface area (Å²) in [4.78, 5) is 11.1. The lowest BCUT2D eigenvalue weighted by Crippen LogP contribution is -2.17. The third-order valence-electron chi connectivity index (χ3n) is 4.51. The molecule has 4 rings (SSSR count). The van der Waals surface area contributed by atoms with Gasteiger partial charge in [0.25, 0.3) is 0 Å². The Labute approximate surface area is 158 Å². The number of hydrogen-bond donors (Lipinski definition) is 2. The Kier molecular flexibility index (Phi) is 4.84. The topological polar surface area (TPSA) is 76.9 Å². The summed E-state index contributed by atoms with van der Waals surface area (Å²) in [5.74, 6) is 1.18. The van der Waals surface area contributed by atoms with E-state index in [1.54, 1.807) is 18.3 Å². The zero-order chi connectivity index (χ0) is 18.5. The highest BCUT2D eigenvalue weighted by Crippen LogP contribution is 2.24. The summed E-state index contributed by atoms with van der Waals surface area (Å²) in [5, 5.41) is 15.4. The molecular weight excluding hydrogens is 336 g/mol. The van der Waals surface area contributed by atoms with Gasteiger partial charge in [0.2, 0.25) is 5.95 Å². The fraction of sp³-hybridized carbons (Fsp3) is 0.190. The molecule has 1 saturated heterocycles. The van der Waals surface area contributed by atoms with Crippen molar-refractivity contribution in [3.63, 3.8) is 0 Å². The normalized spacial score (nSPS) is 13.2. The van der Waals surface area contributed by atoms with Gasteiger partial charge < -0.3 is 15.5 Å². The summed E-state index contributed by atoms with van der Waals surface area (Å²) in [5.41, 5.74) is 3.61. The van der Waals surface area contributed by atoms with Gasteiger partial charge in [-0.2, -0.15) is 10.2 Å². The maximum absolute atomic E-state index is 9.00. The Bertz CT molecular complexity index is 955. The molecule has 0 spiro atoms. The number of nitrogens with zero attached hydrogens (tertiary/aromatic N) is 4. The zero-order valence-corrected chi connectivity index (χ0v) is 14.9. The lowest BCUT2D eigenvalue weighted by molar-refractivity contribution is 0.949. The van der Waals surface area contributed by atoms with Crippen LogP contribution in [0.15, 0.2) is 60.8 Å². The first-order valence-corrected chi connectivity index (χ1v) is 9.02. The number of nitriles is 1. The largest absolute Gasteiger partial charge is 0.372 e. The van der Waals surface area contributed by atoms with E-state index in [1.165, 1.54) is 18.5 Å². The Hall–Kier alpha value is -3.59. The van der Waals surface area contributed by atoms with Crippen LogP contribution >= 0.6 is 0 Å². The van der Waals surface area contributed by atoms with E-state index >= 15 is 0 Å². The summed E-state index contributed by atoms with van der Waals surface area (Å²) in [7, 11) is 0. The van der Waals surface area contributed by atoms with Crippen LogP contribution in [-0.2, 0) is 0 Å². The highest BCUT2D eigenvalue weighted by atomic mass is 15.1. The molecule has 0 aliphatic carbocycles. The Morgan fingerprint density at radius 3 is 2.52 bits per heavy atom. The molecule has 2 heterocycles. The van der Waals surface area contributed by atoms with Gasteiger partial charge in [0.05, 0.1) is 11.6 Å². The smallest absolute Gasteiger partial charge is 0.229 e. The molecule has 6 heteroatoms. The molecule has 1 fully saturated rings. The fourth-order valence-corrected chi connectivity index (χ4v) is 3.16. The average Bonchev–Trinajstić information content (AvgIpc) is 3.24. The summed E-state index contributed by atoms with van der Waals surface area (Å²) in [6, 6.07) is 19.6. The highest BCUT2D eigenvalue weighted by Gasteiger charge is 2.11. The molecule has 3 aromatic rings. The molecule has 1 aliphatic rings. The number of aromatic nitrogens is 2. The molecular formula is C21H20N6. The maximum Gasteiger partial charge on any atom is 0.229 e. The van der Waals surface area contributed by atoms with Crippen LogP contribution in [0.1, 0.15) is 18.4 Å². The molecule has 0 bridgehead atoms. The van der Waals surface area contributed by atoms with Gasteiger partial charge in [-0.05, 0) is 61.4 Å². The number of benzene rings is 2. The van der Waals surface area contributed by atoms with Crippen molar-refractivity contribution >= 4 is 28.8 Å². The molecule has 27 heavy (non-hydrogen) atoms. The van der Waals surface area contributed by atoms with Crippen molar-refractivity contribution in [1.29, 1.82) is 5.26 Å².